The maximum absolute atomic E-state index is 12.7. The number of nitro groups is 1. The second kappa shape index (κ2) is 7.73. The maximum atomic E-state index is 12.7. The first-order valence-corrected chi connectivity index (χ1v) is 9.00. The molecular formula is C18H13ClN2O5S. The van der Waals surface area contributed by atoms with Gasteiger partial charge in [0, 0.05) is 22.2 Å². The lowest BCUT2D eigenvalue weighted by molar-refractivity contribution is -0.384. The van der Waals surface area contributed by atoms with Crippen molar-refractivity contribution in [3.63, 3.8) is 0 Å². The lowest BCUT2D eigenvalue weighted by Crippen LogP contribution is -2.29. The molecule has 0 radical (unpaired) electrons. The molecule has 1 unspecified atom stereocenters. The number of hydrogen-bond donors (Lipinski definition) is 2. The summed E-state index contributed by atoms with van der Waals surface area (Å²) in [5.41, 5.74) is 0.147. The molecule has 27 heavy (non-hydrogen) atoms. The minimum absolute atomic E-state index is 0.183. The average Bonchev–Trinajstić information content (AvgIpc) is 2.98. The fraction of sp³-hybridized carbons (Fsp3) is 0.111. The molecule has 0 spiro atoms. The van der Waals surface area contributed by atoms with Crippen molar-refractivity contribution in [2.24, 2.45) is 0 Å². The highest BCUT2D eigenvalue weighted by atomic mass is 35.5. The fourth-order valence-corrected chi connectivity index (χ4v) is 4.09. The summed E-state index contributed by atoms with van der Waals surface area (Å²) in [7, 11) is 0. The normalized spacial score (nSPS) is 11.9. The van der Waals surface area contributed by atoms with Gasteiger partial charge in [-0.15, -0.1) is 11.3 Å². The SMILES string of the molecule is O=C(O)CC(NC(=O)c1sc2ccccc2c1Cl)c1cccc([N+](=O)[O-])c1. The Morgan fingerprint density at radius 3 is 2.63 bits per heavy atom. The molecule has 0 fully saturated rings. The van der Waals surface area contributed by atoms with Crippen LogP contribution in [-0.4, -0.2) is 21.9 Å². The van der Waals surface area contributed by atoms with Gasteiger partial charge in [-0.25, -0.2) is 0 Å². The molecule has 0 aliphatic heterocycles. The van der Waals surface area contributed by atoms with E-state index in [1.807, 2.05) is 12.1 Å². The number of rotatable bonds is 6. The molecule has 7 nitrogen and oxygen atoms in total. The van der Waals surface area contributed by atoms with Crippen LogP contribution in [0.4, 0.5) is 5.69 Å². The van der Waals surface area contributed by atoms with Crippen LogP contribution in [0, 0.1) is 10.1 Å². The number of nitrogens with one attached hydrogen (secondary N) is 1. The molecule has 0 bridgehead atoms. The second-order valence-corrected chi connectivity index (χ2v) is 7.15. The maximum Gasteiger partial charge on any atom is 0.305 e. The van der Waals surface area contributed by atoms with E-state index in [1.165, 1.54) is 35.6 Å². The van der Waals surface area contributed by atoms with Gasteiger partial charge in [0.15, 0.2) is 0 Å². The van der Waals surface area contributed by atoms with Crippen molar-refractivity contribution in [1.29, 1.82) is 0 Å². The number of benzene rings is 2. The predicted molar refractivity (Wildman–Crippen MR) is 102 cm³/mol. The van der Waals surface area contributed by atoms with Gasteiger partial charge in [0.1, 0.15) is 4.88 Å². The van der Waals surface area contributed by atoms with Crippen LogP contribution >= 0.6 is 22.9 Å². The van der Waals surface area contributed by atoms with E-state index in [2.05, 4.69) is 5.32 Å². The highest BCUT2D eigenvalue weighted by Gasteiger charge is 2.24. The quantitative estimate of drug-likeness (QED) is 0.467. The summed E-state index contributed by atoms with van der Waals surface area (Å²) in [5.74, 6) is -1.67. The number of hydrogen-bond acceptors (Lipinski definition) is 5. The molecule has 0 aliphatic rings. The van der Waals surface area contributed by atoms with Crippen molar-refractivity contribution in [1.82, 2.24) is 5.32 Å². The monoisotopic (exact) mass is 404 g/mol. The summed E-state index contributed by atoms with van der Waals surface area (Å²) in [6.07, 6.45) is -0.421. The van der Waals surface area contributed by atoms with Crippen LogP contribution in [0.25, 0.3) is 10.1 Å². The highest BCUT2D eigenvalue weighted by molar-refractivity contribution is 7.21. The number of thiophene rings is 1. The van der Waals surface area contributed by atoms with Crippen molar-refractivity contribution in [3.8, 4) is 0 Å². The Morgan fingerprint density at radius 2 is 1.96 bits per heavy atom. The number of nitro benzene ring substituents is 1. The minimum Gasteiger partial charge on any atom is -0.481 e. The van der Waals surface area contributed by atoms with E-state index in [1.54, 1.807) is 12.1 Å². The van der Waals surface area contributed by atoms with E-state index in [4.69, 9.17) is 16.7 Å². The molecule has 0 saturated carbocycles. The zero-order valence-corrected chi connectivity index (χ0v) is 15.3. The fourth-order valence-electron chi connectivity index (χ4n) is 2.67. The molecule has 0 saturated heterocycles. The van der Waals surface area contributed by atoms with Crippen LogP contribution < -0.4 is 5.32 Å². The molecule has 3 rings (SSSR count). The van der Waals surface area contributed by atoms with Gasteiger partial charge in [-0.3, -0.25) is 19.7 Å². The summed E-state index contributed by atoms with van der Waals surface area (Å²) >= 11 is 7.49. The Labute approximate surface area is 162 Å². The number of carboxylic acid groups (broad SMARTS) is 1. The number of non-ortho nitro benzene ring substituents is 1. The first-order chi connectivity index (χ1) is 12.9. The van der Waals surface area contributed by atoms with Crippen molar-refractivity contribution in [2.45, 2.75) is 12.5 Å². The van der Waals surface area contributed by atoms with Crippen LogP contribution in [0.3, 0.4) is 0 Å². The largest absolute Gasteiger partial charge is 0.481 e. The van der Waals surface area contributed by atoms with E-state index >= 15 is 0 Å². The molecule has 1 atom stereocenters. The average molecular weight is 405 g/mol. The Kier molecular flexibility index (Phi) is 5.38. The molecule has 1 heterocycles. The van der Waals surface area contributed by atoms with Crippen LogP contribution in [0.15, 0.2) is 48.5 Å². The first kappa shape index (κ1) is 18.8. The van der Waals surface area contributed by atoms with Gasteiger partial charge in [-0.1, -0.05) is 41.9 Å². The van der Waals surface area contributed by atoms with E-state index in [0.717, 1.165) is 10.1 Å². The second-order valence-electron chi connectivity index (χ2n) is 5.72. The summed E-state index contributed by atoms with van der Waals surface area (Å²) < 4.78 is 0.831. The number of fused-ring (bicyclic) bond motifs is 1. The van der Waals surface area contributed by atoms with Crippen molar-refractivity contribution in [2.75, 3.05) is 0 Å². The van der Waals surface area contributed by atoms with Crippen LogP contribution in [0.1, 0.15) is 27.7 Å². The Balaban J connectivity index is 1.93. The number of carbonyl (C=O) groups excluding carboxylic acids is 1. The minimum atomic E-state index is -1.14. The summed E-state index contributed by atoms with van der Waals surface area (Å²) in [6.45, 7) is 0. The third kappa shape index (κ3) is 4.07. The Bertz CT molecular complexity index is 1050. The number of carbonyl (C=O) groups is 2. The smallest absolute Gasteiger partial charge is 0.305 e. The predicted octanol–water partition coefficient (Wildman–Crippen LogP) is 4.41. The molecule has 138 valence electrons. The van der Waals surface area contributed by atoms with Gasteiger partial charge >= 0.3 is 5.97 Å². The molecule has 1 aromatic heterocycles. The molecule has 9 heteroatoms. The summed E-state index contributed by atoms with van der Waals surface area (Å²) in [4.78, 5) is 34.6. The Hall–Kier alpha value is -2.97. The van der Waals surface area contributed by atoms with Crippen molar-refractivity contribution >= 4 is 50.6 Å². The number of nitrogens with zero attached hydrogens (tertiary/aromatic N) is 1. The molecular weight excluding hydrogens is 392 g/mol. The Morgan fingerprint density at radius 1 is 1.22 bits per heavy atom. The molecule has 1 amide bonds. The van der Waals surface area contributed by atoms with Crippen molar-refractivity contribution in [3.05, 3.63) is 74.1 Å². The topological polar surface area (TPSA) is 110 Å². The van der Waals surface area contributed by atoms with Gasteiger partial charge < -0.3 is 10.4 Å². The van der Waals surface area contributed by atoms with E-state index < -0.39 is 29.3 Å². The highest BCUT2D eigenvalue weighted by Crippen LogP contribution is 2.35. The van der Waals surface area contributed by atoms with Gasteiger partial charge in [-0.05, 0) is 11.6 Å². The van der Waals surface area contributed by atoms with Gasteiger partial charge in [0.05, 0.1) is 22.4 Å². The number of aliphatic carboxylic acids is 1. The first-order valence-electron chi connectivity index (χ1n) is 7.81. The number of carboxylic acids is 1. The van der Waals surface area contributed by atoms with Gasteiger partial charge in [0.2, 0.25) is 0 Å². The van der Waals surface area contributed by atoms with Crippen molar-refractivity contribution < 1.29 is 19.6 Å². The van der Waals surface area contributed by atoms with E-state index in [9.17, 15) is 19.7 Å². The molecule has 2 aromatic carbocycles. The van der Waals surface area contributed by atoms with Crippen LogP contribution in [0.5, 0.6) is 0 Å². The lowest BCUT2D eigenvalue weighted by Gasteiger charge is -2.17. The van der Waals surface area contributed by atoms with E-state index in [0.29, 0.717) is 10.6 Å². The zero-order valence-electron chi connectivity index (χ0n) is 13.7. The molecule has 2 N–H and O–H groups in total. The summed E-state index contributed by atoms with van der Waals surface area (Å²) in [6, 6.07) is 11.8. The molecule has 0 aliphatic carbocycles. The van der Waals surface area contributed by atoms with Gasteiger partial charge in [-0.2, -0.15) is 0 Å². The standard InChI is InChI=1S/C18H13ClN2O5S/c19-16-12-6-1-2-7-14(12)27-17(16)18(24)20-13(9-15(22)23)10-4-3-5-11(8-10)21(25)26/h1-8,13H,9H2,(H,20,24)(H,22,23). The third-order valence-electron chi connectivity index (χ3n) is 3.91. The third-order valence-corrected chi connectivity index (χ3v) is 5.58. The van der Waals surface area contributed by atoms with E-state index in [-0.39, 0.29) is 10.6 Å². The molecule has 3 aromatic rings. The summed E-state index contributed by atoms with van der Waals surface area (Å²) in [5, 5.41) is 23.8. The number of halogens is 1. The number of amides is 1. The lowest BCUT2D eigenvalue weighted by atomic mass is 10.0. The van der Waals surface area contributed by atoms with Crippen LogP contribution in [-0.2, 0) is 4.79 Å². The van der Waals surface area contributed by atoms with Crippen LogP contribution in [0.2, 0.25) is 5.02 Å². The van der Waals surface area contributed by atoms with Gasteiger partial charge in [0.25, 0.3) is 11.6 Å². The zero-order chi connectivity index (χ0) is 19.6.